The number of piperidine rings is 1. The lowest BCUT2D eigenvalue weighted by Gasteiger charge is -2.48. The van der Waals surface area contributed by atoms with Crippen LogP contribution >= 0.6 is 0 Å². The number of halogens is 1. The zero-order chi connectivity index (χ0) is 29.4. The van der Waals surface area contributed by atoms with Gasteiger partial charge in [-0.2, -0.15) is 0 Å². The van der Waals surface area contributed by atoms with Gasteiger partial charge in [-0.15, -0.1) is 0 Å². The van der Waals surface area contributed by atoms with Gasteiger partial charge < -0.3 is 24.9 Å². The van der Waals surface area contributed by atoms with Gasteiger partial charge in [-0.1, -0.05) is 36.4 Å². The first kappa shape index (κ1) is 28.3. The number of likely N-dealkylation sites (N-methyl/N-ethyl adjacent to an activating group) is 1. The van der Waals surface area contributed by atoms with Gasteiger partial charge in [0.15, 0.2) is 11.6 Å². The molecule has 2 heterocycles. The molecule has 0 bridgehead atoms. The van der Waals surface area contributed by atoms with Gasteiger partial charge in [0.2, 0.25) is 0 Å². The molecular formula is C32H34FN3O5. The molecule has 5 rings (SSSR count). The molecule has 2 N–H and O–H groups in total. The number of benzene rings is 3. The number of hydrogen-bond acceptors (Lipinski definition) is 6. The SMILES string of the molecule is Cc1c(F)cccc1C1[C@@H](C(=O)c2cccc(O)c2)CN(C(=O)N2CC(N(C)C)C2)C[C@H]1C(=O)c1cccc(O)c1. The van der Waals surface area contributed by atoms with Crippen molar-refractivity contribution in [3.63, 3.8) is 0 Å². The number of likely N-dealkylation sites (tertiary alicyclic amines) is 2. The Labute approximate surface area is 238 Å². The van der Waals surface area contributed by atoms with Crippen LogP contribution in [0.15, 0.2) is 66.7 Å². The Morgan fingerprint density at radius 2 is 1.27 bits per heavy atom. The van der Waals surface area contributed by atoms with Crippen molar-refractivity contribution in [1.29, 1.82) is 0 Å². The maximum atomic E-state index is 14.9. The van der Waals surface area contributed by atoms with Crippen LogP contribution in [0.5, 0.6) is 11.5 Å². The van der Waals surface area contributed by atoms with Gasteiger partial charge in [-0.05, 0) is 62.5 Å². The standard InChI is InChI=1S/C32H34FN3O5/c1-19-25(11-6-12-28(19)33)29-26(30(39)20-7-4-9-23(37)13-20)17-36(32(41)35-15-22(16-35)34(2)3)18-27(29)31(40)21-8-5-10-24(38)14-21/h4-14,22,26-27,29,37-38H,15-18H2,1-3H3/t26-,27+,29?. The lowest BCUT2D eigenvalue weighted by molar-refractivity contribution is 0.0405. The van der Waals surface area contributed by atoms with Crippen molar-refractivity contribution in [3.05, 3.63) is 94.8 Å². The highest BCUT2D eigenvalue weighted by Gasteiger charge is 2.48. The van der Waals surface area contributed by atoms with E-state index in [1.165, 1.54) is 30.3 Å². The van der Waals surface area contributed by atoms with E-state index in [1.807, 2.05) is 19.0 Å². The van der Waals surface area contributed by atoms with E-state index in [2.05, 4.69) is 0 Å². The van der Waals surface area contributed by atoms with E-state index in [4.69, 9.17) is 0 Å². The van der Waals surface area contributed by atoms with E-state index >= 15 is 0 Å². The first-order valence-electron chi connectivity index (χ1n) is 13.7. The van der Waals surface area contributed by atoms with E-state index in [-0.39, 0.29) is 59.4 Å². The van der Waals surface area contributed by atoms with Crippen molar-refractivity contribution in [2.24, 2.45) is 11.8 Å². The molecule has 3 aromatic rings. The summed E-state index contributed by atoms with van der Waals surface area (Å²) < 4.78 is 14.9. The summed E-state index contributed by atoms with van der Waals surface area (Å²) in [7, 11) is 3.90. The molecule has 2 aliphatic heterocycles. The molecule has 2 aliphatic rings. The molecule has 3 atom stereocenters. The van der Waals surface area contributed by atoms with Crippen molar-refractivity contribution in [1.82, 2.24) is 14.7 Å². The molecule has 214 valence electrons. The number of aromatic hydroxyl groups is 2. The average molecular weight is 560 g/mol. The fourth-order valence-corrected chi connectivity index (χ4v) is 6.01. The topological polar surface area (TPSA) is 101 Å². The third-order valence-electron chi connectivity index (χ3n) is 8.44. The number of hydrogen-bond donors (Lipinski definition) is 2. The number of ketones is 2. The molecule has 3 aromatic carbocycles. The predicted molar refractivity (Wildman–Crippen MR) is 152 cm³/mol. The first-order valence-corrected chi connectivity index (χ1v) is 13.7. The predicted octanol–water partition coefficient (Wildman–Crippen LogP) is 4.31. The van der Waals surface area contributed by atoms with Gasteiger partial charge in [-0.25, -0.2) is 9.18 Å². The summed E-state index contributed by atoms with van der Waals surface area (Å²) in [4.78, 5) is 47.3. The molecule has 1 unspecified atom stereocenters. The van der Waals surface area contributed by atoms with Crippen molar-refractivity contribution >= 4 is 17.6 Å². The fourth-order valence-electron chi connectivity index (χ4n) is 6.01. The van der Waals surface area contributed by atoms with Crippen LogP contribution in [-0.4, -0.2) is 88.8 Å². The summed E-state index contributed by atoms with van der Waals surface area (Å²) in [5.74, 6) is -3.87. The zero-order valence-corrected chi connectivity index (χ0v) is 23.3. The number of rotatable bonds is 6. The van der Waals surface area contributed by atoms with Crippen LogP contribution < -0.4 is 0 Å². The Hall–Kier alpha value is -4.24. The highest BCUT2D eigenvalue weighted by molar-refractivity contribution is 6.03. The number of amides is 2. The zero-order valence-electron chi connectivity index (χ0n) is 23.3. The molecule has 2 amide bonds. The average Bonchev–Trinajstić information content (AvgIpc) is 2.92. The lowest BCUT2D eigenvalue weighted by Crippen LogP contribution is -2.64. The minimum absolute atomic E-state index is 0.0287. The van der Waals surface area contributed by atoms with Gasteiger partial charge in [-0.3, -0.25) is 9.59 Å². The maximum absolute atomic E-state index is 14.9. The Morgan fingerprint density at radius 1 is 0.780 bits per heavy atom. The van der Waals surface area contributed by atoms with Crippen LogP contribution in [0, 0.1) is 24.6 Å². The molecule has 2 fully saturated rings. The second kappa shape index (κ2) is 11.3. The monoisotopic (exact) mass is 559 g/mol. The number of urea groups is 1. The molecule has 0 radical (unpaired) electrons. The second-order valence-corrected chi connectivity index (χ2v) is 11.2. The third-order valence-corrected chi connectivity index (χ3v) is 8.44. The number of carbonyl (C=O) groups excluding carboxylic acids is 3. The largest absolute Gasteiger partial charge is 0.508 e. The fraction of sp³-hybridized carbons (Fsp3) is 0.344. The molecule has 0 aliphatic carbocycles. The van der Waals surface area contributed by atoms with Gasteiger partial charge in [0.1, 0.15) is 17.3 Å². The summed E-state index contributed by atoms with van der Waals surface area (Å²) in [5, 5.41) is 20.2. The quantitative estimate of drug-likeness (QED) is 0.437. The molecule has 0 spiro atoms. The lowest BCUT2D eigenvalue weighted by atomic mass is 9.68. The molecule has 9 heteroatoms. The maximum Gasteiger partial charge on any atom is 0.320 e. The molecular weight excluding hydrogens is 525 g/mol. The number of nitrogens with zero attached hydrogens (tertiary/aromatic N) is 3. The van der Waals surface area contributed by atoms with E-state index in [9.17, 15) is 29.0 Å². The molecule has 2 saturated heterocycles. The van der Waals surface area contributed by atoms with Crippen molar-refractivity contribution in [3.8, 4) is 11.5 Å². The van der Waals surface area contributed by atoms with Crippen molar-refractivity contribution in [2.45, 2.75) is 18.9 Å². The number of phenolic OH excluding ortho intramolecular Hbond substituents is 2. The van der Waals surface area contributed by atoms with E-state index < -0.39 is 23.6 Å². The Balaban J connectivity index is 1.61. The number of Topliss-reactive ketones (excluding diaryl/α,β-unsaturated/α-hetero) is 2. The van der Waals surface area contributed by atoms with Gasteiger partial charge >= 0.3 is 6.03 Å². The van der Waals surface area contributed by atoms with Crippen molar-refractivity contribution in [2.75, 3.05) is 40.3 Å². The highest BCUT2D eigenvalue weighted by atomic mass is 19.1. The van der Waals surface area contributed by atoms with Gasteiger partial charge in [0.05, 0.1) is 0 Å². The van der Waals surface area contributed by atoms with Crippen molar-refractivity contribution < 1.29 is 29.0 Å². The molecule has 8 nitrogen and oxygen atoms in total. The molecule has 0 saturated carbocycles. The van der Waals surface area contributed by atoms with Crippen LogP contribution in [0.4, 0.5) is 9.18 Å². The van der Waals surface area contributed by atoms with Crippen LogP contribution in [0.3, 0.4) is 0 Å². The highest BCUT2D eigenvalue weighted by Crippen LogP contribution is 2.43. The summed E-state index contributed by atoms with van der Waals surface area (Å²) in [6.45, 7) is 2.74. The summed E-state index contributed by atoms with van der Waals surface area (Å²) >= 11 is 0. The Morgan fingerprint density at radius 3 is 1.76 bits per heavy atom. The number of phenols is 2. The normalized spacial score (nSPS) is 21.0. The van der Waals surface area contributed by atoms with E-state index in [0.29, 0.717) is 24.2 Å². The summed E-state index contributed by atoms with van der Waals surface area (Å²) in [6, 6.07) is 16.5. The summed E-state index contributed by atoms with van der Waals surface area (Å²) in [5.41, 5.74) is 1.33. The minimum atomic E-state index is -0.896. The molecule has 41 heavy (non-hydrogen) atoms. The van der Waals surface area contributed by atoms with Crippen LogP contribution in [-0.2, 0) is 0 Å². The van der Waals surface area contributed by atoms with Crippen LogP contribution in [0.25, 0.3) is 0 Å². The van der Waals surface area contributed by atoms with Gasteiger partial charge in [0, 0.05) is 61.1 Å². The number of carbonyl (C=O) groups is 3. The van der Waals surface area contributed by atoms with Crippen LogP contribution in [0.1, 0.15) is 37.8 Å². The Bertz CT molecular complexity index is 1420. The smallest absolute Gasteiger partial charge is 0.320 e. The van der Waals surface area contributed by atoms with Crippen LogP contribution in [0.2, 0.25) is 0 Å². The Kier molecular flexibility index (Phi) is 7.82. The molecule has 0 aromatic heterocycles. The minimum Gasteiger partial charge on any atom is -0.508 e. The second-order valence-electron chi connectivity index (χ2n) is 11.2. The van der Waals surface area contributed by atoms with Gasteiger partial charge in [0.25, 0.3) is 0 Å². The van der Waals surface area contributed by atoms with E-state index in [0.717, 1.165) is 0 Å². The first-order chi connectivity index (χ1) is 19.5. The summed E-state index contributed by atoms with van der Waals surface area (Å²) in [6.07, 6.45) is 0. The third kappa shape index (κ3) is 5.54. The van der Waals surface area contributed by atoms with E-state index in [1.54, 1.807) is 53.1 Å².